The number of aromatic amines is 1. The molecule has 4 aromatic heterocycles. The van der Waals surface area contributed by atoms with E-state index in [-0.39, 0.29) is 48.7 Å². The highest BCUT2D eigenvalue weighted by atomic mass is 32.7. The van der Waals surface area contributed by atoms with Crippen molar-refractivity contribution < 1.29 is 37.1 Å². The van der Waals surface area contributed by atoms with Crippen LogP contribution in [0, 0.1) is 11.3 Å². The van der Waals surface area contributed by atoms with Crippen molar-refractivity contribution in [2.45, 2.75) is 48.6 Å². The summed E-state index contributed by atoms with van der Waals surface area (Å²) in [5.74, 6) is -0.190. The van der Waals surface area contributed by atoms with E-state index in [1.807, 2.05) is 0 Å². The second kappa shape index (κ2) is 9.11. The first-order valence-corrected chi connectivity index (χ1v) is 18.3. The average Bonchev–Trinajstić information content (AvgIpc) is 3.51. The van der Waals surface area contributed by atoms with Gasteiger partial charge in [-0.15, -0.1) is 0 Å². The maximum atomic E-state index is 14.5. The van der Waals surface area contributed by atoms with E-state index in [2.05, 4.69) is 42.2 Å². The minimum absolute atomic E-state index is 0.0650. The minimum atomic E-state index is -4.69. The molecule has 4 aromatic rings. The zero-order valence-corrected chi connectivity index (χ0v) is 25.8. The van der Waals surface area contributed by atoms with Crippen LogP contribution in [0.2, 0.25) is 0 Å². The van der Waals surface area contributed by atoms with Crippen LogP contribution in [0.4, 0.5) is 11.8 Å². The Morgan fingerprint density at radius 2 is 1.82 bits per heavy atom. The molecule has 19 nitrogen and oxygen atoms in total. The molecule has 6 N–H and O–H groups in total. The maximum absolute atomic E-state index is 14.5. The predicted octanol–water partition coefficient (Wildman–Crippen LogP) is 0.765. The number of rotatable bonds is 2. The van der Waals surface area contributed by atoms with Crippen molar-refractivity contribution in [3.05, 3.63) is 29.3 Å². The van der Waals surface area contributed by atoms with E-state index in [4.69, 9.17) is 34.5 Å². The van der Waals surface area contributed by atoms with Gasteiger partial charge in [0.2, 0.25) is 5.95 Å². The molecule has 4 bridgehead atoms. The third-order valence-corrected chi connectivity index (χ3v) is 13.8. The molecule has 238 valence electrons. The number of nitrogens with zero attached hydrogens (tertiary/aromatic N) is 7. The molecular weight excluding hydrogens is 654 g/mol. The molecule has 2 aliphatic carbocycles. The Kier molecular flexibility index (Phi) is 5.73. The highest BCUT2D eigenvalue weighted by Crippen LogP contribution is 2.79. The van der Waals surface area contributed by atoms with Crippen molar-refractivity contribution in [2.75, 3.05) is 31.3 Å². The first kappa shape index (κ1) is 28.3. The van der Waals surface area contributed by atoms with E-state index >= 15 is 0 Å². The van der Waals surface area contributed by atoms with E-state index in [9.17, 15) is 18.8 Å². The van der Waals surface area contributed by atoms with Crippen LogP contribution in [0.1, 0.15) is 25.1 Å². The summed E-state index contributed by atoms with van der Waals surface area (Å²) in [4.78, 5) is 46.9. The number of aromatic nitrogens is 8. The highest BCUT2D eigenvalue weighted by Gasteiger charge is 2.72. The number of nitrogen functional groups attached to an aromatic ring is 2. The van der Waals surface area contributed by atoms with Crippen molar-refractivity contribution in [2.24, 2.45) is 11.3 Å². The molecule has 0 spiro atoms. The summed E-state index contributed by atoms with van der Waals surface area (Å²) in [5.41, 5.74) is 9.43. The Labute approximate surface area is 257 Å². The lowest BCUT2D eigenvalue weighted by Gasteiger charge is -2.34. The van der Waals surface area contributed by atoms with E-state index in [0.717, 1.165) is 0 Å². The van der Waals surface area contributed by atoms with Crippen LogP contribution in [0.3, 0.4) is 0 Å². The molecule has 9 rings (SSSR count). The number of nitrogens with one attached hydrogen (secondary N) is 1. The summed E-state index contributed by atoms with van der Waals surface area (Å²) in [6.07, 6.45) is 2.07. The van der Waals surface area contributed by atoms with Crippen LogP contribution < -0.4 is 17.0 Å². The molecule has 3 saturated heterocycles. The largest absolute Gasteiger partial charge is 0.472 e. The fourth-order valence-electron chi connectivity index (χ4n) is 7.62. The zero-order chi connectivity index (χ0) is 31.1. The Bertz CT molecular complexity index is 2080. The number of phosphoric acid groups is 1. The second-order valence-corrected chi connectivity index (χ2v) is 17.3. The molecular formula is C23H26N10O9P2S. The van der Waals surface area contributed by atoms with E-state index < -0.39 is 61.1 Å². The van der Waals surface area contributed by atoms with Crippen LogP contribution >= 0.6 is 26.6 Å². The second-order valence-electron chi connectivity index (χ2n) is 12.2. The van der Waals surface area contributed by atoms with Gasteiger partial charge in [0.1, 0.15) is 29.7 Å². The van der Waals surface area contributed by atoms with Gasteiger partial charge in [-0.25, -0.2) is 24.5 Å². The number of thiol groups is 1. The first-order valence-electron chi connectivity index (χ1n) is 14.0. The number of H-pyrrole nitrogens is 1. The van der Waals surface area contributed by atoms with Crippen LogP contribution in [0.15, 0.2) is 23.8 Å². The molecule has 2 saturated carbocycles. The zero-order valence-electron chi connectivity index (χ0n) is 23.1. The molecule has 0 amide bonds. The van der Waals surface area contributed by atoms with Gasteiger partial charge < -0.3 is 34.9 Å². The van der Waals surface area contributed by atoms with Crippen molar-refractivity contribution in [1.82, 2.24) is 39.0 Å². The van der Waals surface area contributed by atoms with Gasteiger partial charge in [-0.05, 0) is 18.8 Å². The van der Waals surface area contributed by atoms with Crippen LogP contribution in [0.25, 0.3) is 22.3 Å². The normalized spacial score (nSPS) is 42.4. The number of ether oxygens (including phenoxy) is 2. The number of anilines is 2. The van der Waals surface area contributed by atoms with Gasteiger partial charge in [-0.2, -0.15) is 4.98 Å². The Morgan fingerprint density at radius 1 is 1.02 bits per heavy atom. The Morgan fingerprint density at radius 3 is 2.67 bits per heavy atom. The predicted molar refractivity (Wildman–Crippen MR) is 156 cm³/mol. The summed E-state index contributed by atoms with van der Waals surface area (Å²) in [6, 6.07) is -0.560. The van der Waals surface area contributed by atoms with Crippen LogP contribution in [-0.4, -0.2) is 87.2 Å². The first-order chi connectivity index (χ1) is 21.4. The lowest BCUT2D eigenvalue weighted by Crippen LogP contribution is -2.46. The average molecular weight is 681 g/mol. The monoisotopic (exact) mass is 680 g/mol. The van der Waals surface area contributed by atoms with Gasteiger partial charge >= 0.3 is 7.82 Å². The molecule has 10 atom stereocenters. The lowest BCUT2D eigenvalue weighted by molar-refractivity contribution is -0.182. The van der Waals surface area contributed by atoms with Crippen molar-refractivity contribution >= 4 is 60.7 Å². The maximum Gasteiger partial charge on any atom is 0.472 e. The molecule has 5 fully saturated rings. The van der Waals surface area contributed by atoms with E-state index in [1.54, 1.807) is 9.13 Å². The van der Waals surface area contributed by atoms with Gasteiger partial charge in [0.15, 0.2) is 28.9 Å². The molecule has 2 unspecified atom stereocenters. The fourth-order valence-corrected chi connectivity index (χ4v) is 12.0. The van der Waals surface area contributed by atoms with Crippen molar-refractivity contribution in [3.8, 4) is 0 Å². The number of phosphoric ester groups is 1. The molecule has 0 radical (unpaired) electrons. The third kappa shape index (κ3) is 4.01. The fraction of sp³-hybridized carbons (Fsp3) is 0.565. The van der Waals surface area contributed by atoms with Gasteiger partial charge in [0.05, 0.1) is 44.2 Å². The van der Waals surface area contributed by atoms with Crippen LogP contribution in [-0.2, 0) is 32.2 Å². The van der Waals surface area contributed by atoms with E-state index in [1.165, 1.54) is 19.0 Å². The quantitative estimate of drug-likeness (QED) is 0.145. The summed E-state index contributed by atoms with van der Waals surface area (Å²) >= 11 is 4.64. The van der Waals surface area contributed by atoms with Gasteiger partial charge in [-0.3, -0.25) is 28.0 Å². The minimum Gasteiger partial charge on any atom is -0.382 e. The SMILES string of the molecule is Nc1nc2c(ncn2[C@@H]2C[C@]34COP(=O)(O)O[C@H]5[C@H]6OC[C@]5(CO[P@@](=O)(S)[C@@H]2C3C4)O[C@H]6n2cnc3c(N)ncnc32)c(=O)[nH]1. The summed E-state index contributed by atoms with van der Waals surface area (Å²) in [6.45, 7) is -4.42. The number of hydrogen-bond acceptors (Lipinski definition) is 15. The molecule has 45 heavy (non-hydrogen) atoms. The molecule has 7 heterocycles. The van der Waals surface area contributed by atoms with Crippen molar-refractivity contribution in [3.63, 3.8) is 0 Å². The van der Waals surface area contributed by atoms with E-state index in [0.29, 0.717) is 24.0 Å². The van der Waals surface area contributed by atoms with Gasteiger partial charge in [0.25, 0.3) is 12.1 Å². The summed E-state index contributed by atoms with van der Waals surface area (Å²) in [7, 11) is -4.69. The topological polar surface area (TPSA) is 260 Å². The molecule has 0 aromatic carbocycles. The Hall–Kier alpha value is -2.93. The smallest absolute Gasteiger partial charge is 0.382 e. The molecule has 5 aliphatic rings. The van der Waals surface area contributed by atoms with Crippen molar-refractivity contribution in [1.29, 1.82) is 0 Å². The number of nitrogens with two attached hydrogens (primary N) is 2. The summed E-state index contributed by atoms with van der Waals surface area (Å²) < 4.78 is 61.3. The Balaban J connectivity index is 1.11. The van der Waals surface area contributed by atoms with Gasteiger partial charge in [-0.1, -0.05) is 12.2 Å². The standard InChI is InChI=1S/C23H26N10O9P2S/c24-16-11-17(27-6-26-16)33(8-28-11)20-13-15-23(41-20,4-38-13)5-39-43(35,45)14-9-1-22(9,3-40-44(36,37)42-15)2-10(14)32-7-29-12-18(32)30-21(25)31-19(12)34/h6-10,13-15,20H,1-5H2,(H,35,45)(H,36,37)(H2,24,26,27)(H3,25,30,31,34)/t9?,10-,13-,14-,15+,20-,22-,23-,43-/m1/s1. The number of imidazole rings is 2. The lowest BCUT2D eigenvalue weighted by atomic mass is 10.0. The summed E-state index contributed by atoms with van der Waals surface area (Å²) in [5, 5.41) is 0. The molecule has 3 aliphatic heterocycles. The van der Waals surface area contributed by atoms with Gasteiger partial charge in [0, 0.05) is 5.41 Å². The number of hydrogen-bond donors (Lipinski definition) is 5. The highest BCUT2D eigenvalue weighted by molar-refractivity contribution is 8.46. The third-order valence-electron chi connectivity index (χ3n) is 9.75. The molecule has 22 heteroatoms. The van der Waals surface area contributed by atoms with Crippen LogP contribution in [0.5, 0.6) is 0 Å². The number of fused-ring (bicyclic) bond motifs is 2.